The van der Waals surface area contributed by atoms with Gasteiger partial charge in [-0.25, -0.2) is 4.98 Å². The highest BCUT2D eigenvalue weighted by Gasteiger charge is 2.17. The molecule has 174 valence electrons. The zero-order valence-electron chi connectivity index (χ0n) is 18.9. The molecule has 0 bridgehead atoms. The van der Waals surface area contributed by atoms with Crippen LogP contribution in [0.15, 0.2) is 47.3 Å². The van der Waals surface area contributed by atoms with Crippen molar-refractivity contribution in [3.63, 3.8) is 0 Å². The molecule has 0 aliphatic heterocycles. The average molecular weight is 470 g/mol. The molecule has 3 aromatic rings. The lowest BCUT2D eigenvalue weighted by Crippen LogP contribution is -2.33. The van der Waals surface area contributed by atoms with Crippen molar-refractivity contribution in [1.29, 1.82) is 0 Å². The minimum Gasteiger partial charge on any atom is -0.494 e. The molecule has 1 amide bonds. The SMILES string of the molecule is CCCOc1ccc(C(=O)CCC(=O)N(CCC)Cc2nc3cc(Cl)ccc3c(=O)[nH]2)cc1. The van der Waals surface area contributed by atoms with E-state index in [0.717, 1.165) is 18.6 Å². The summed E-state index contributed by atoms with van der Waals surface area (Å²) < 4.78 is 5.53. The van der Waals surface area contributed by atoms with Gasteiger partial charge in [-0.05, 0) is 55.3 Å². The van der Waals surface area contributed by atoms with Crippen LogP contribution >= 0.6 is 11.6 Å². The van der Waals surface area contributed by atoms with E-state index >= 15 is 0 Å². The van der Waals surface area contributed by atoms with Crippen LogP contribution in [0.5, 0.6) is 5.75 Å². The van der Waals surface area contributed by atoms with Gasteiger partial charge in [0.1, 0.15) is 11.6 Å². The highest BCUT2D eigenvalue weighted by atomic mass is 35.5. The van der Waals surface area contributed by atoms with Gasteiger partial charge < -0.3 is 14.6 Å². The van der Waals surface area contributed by atoms with Crippen molar-refractivity contribution >= 4 is 34.2 Å². The molecule has 0 spiro atoms. The Labute approximate surface area is 197 Å². The first-order valence-electron chi connectivity index (χ1n) is 11.1. The summed E-state index contributed by atoms with van der Waals surface area (Å²) >= 11 is 6.03. The fourth-order valence-electron chi connectivity index (χ4n) is 3.46. The molecular weight excluding hydrogens is 442 g/mol. The highest BCUT2D eigenvalue weighted by Crippen LogP contribution is 2.17. The lowest BCUT2D eigenvalue weighted by atomic mass is 10.1. The maximum absolute atomic E-state index is 12.9. The second-order valence-corrected chi connectivity index (χ2v) is 8.22. The number of ether oxygens (including phenoxy) is 1. The van der Waals surface area contributed by atoms with Crippen LogP contribution in [0.2, 0.25) is 5.02 Å². The van der Waals surface area contributed by atoms with Crippen molar-refractivity contribution in [1.82, 2.24) is 14.9 Å². The van der Waals surface area contributed by atoms with Crippen molar-refractivity contribution in [2.75, 3.05) is 13.2 Å². The maximum Gasteiger partial charge on any atom is 0.258 e. The fourth-order valence-corrected chi connectivity index (χ4v) is 3.62. The summed E-state index contributed by atoms with van der Waals surface area (Å²) in [6.45, 7) is 5.26. The van der Waals surface area contributed by atoms with Crippen molar-refractivity contribution in [3.8, 4) is 5.75 Å². The summed E-state index contributed by atoms with van der Waals surface area (Å²) in [5, 5.41) is 0.921. The monoisotopic (exact) mass is 469 g/mol. The van der Waals surface area contributed by atoms with Crippen LogP contribution in [0.1, 0.15) is 55.7 Å². The van der Waals surface area contributed by atoms with E-state index in [1.165, 1.54) is 0 Å². The third-order valence-electron chi connectivity index (χ3n) is 5.12. The van der Waals surface area contributed by atoms with Gasteiger partial charge >= 0.3 is 0 Å². The minimum absolute atomic E-state index is 0.0799. The standard InChI is InChI=1S/C25H28ClN3O4/c1-3-13-29(16-23-27-21-15-18(26)7-10-20(21)25(32)28-23)24(31)12-11-22(30)17-5-8-19(9-6-17)33-14-4-2/h5-10,15H,3-4,11-14,16H2,1-2H3,(H,27,28,32). The quantitative estimate of drug-likeness (QED) is 0.408. The number of ketones is 1. The first-order chi connectivity index (χ1) is 15.9. The van der Waals surface area contributed by atoms with E-state index in [2.05, 4.69) is 9.97 Å². The van der Waals surface area contributed by atoms with Crippen molar-refractivity contribution < 1.29 is 14.3 Å². The van der Waals surface area contributed by atoms with Crippen LogP contribution in [0.25, 0.3) is 10.9 Å². The number of amides is 1. The Morgan fingerprint density at radius 1 is 1.06 bits per heavy atom. The van der Waals surface area contributed by atoms with Crippen LogP contribution in [-0.4, -0.2) is 39.7 Å². The van der Waals surface area contributed by atoms with E-state index in [-0.39, 0.29) is 36.6 Å². The van der Waals surface area contributed by atoms with Gasteiger partial charge in [0.15, 0.2) is 5.78 Å². The Morgan fingerprint density at radius 2 is 1.82 bits per heavy atom. The van der Waals surface area contributed by atoms with Gasteiger partial charge in [-0.1, -0.05) is 25.4 Å². The molecule has 0 fully saturated rings. The van der Waals surface area contributed by atoms with E-state index in [1.807, 2.05) is 13.8 Å². The molecule has 3 rings (SSSR count). The smallest absolute Gasteiger partial charge is 0.258 e. The normalized spacial score (nSPS) is 10.9. The first-order valence-corrected chi connectivity index (χ1v) is 11.5. The third kappa shape index (κ3) is 6.65. The molecule has 2 aromatic carbocycles. The molecule has 33 heavy (non-hydrogen) atoms. The number of hydrogen-bond donors (Lipinski definition) is 1. The van der Waals surface area contributed by atoms with Gasteiger partial charge in [-0.15, -0.1) is 0 Å². The van der Waals surface area contributed by atoms with Gasteiger partial charge in [0.05, 0.1) is 24.1 Å². The zero-order chi connectivity index (χ0) is 23.8. The summed E-state index contributed by atoms with van der Waals surface area (Å²) in [4.78, 5) is 46.6. The van der Waals surface area contributed by atoms with Crippen LogP contribution in [0.4, 0.5) is 0 Å². The number of carbonyl (C=O) groups excluding carboxylic acids is 2. The van der Waals surface area contributed by atoms with E-state index in [4.69, 9.17) is 16.3 Å². The second kappa shape index (κ2) is 11.6. The number of nitrogens with zero attached hydrogens (tertiary/aromatic N) is 2. The number of nitrogens with one attached hydrogen (secondary N) is 1. The number of halogens is 1. The van der Waals surface area contributed by atoms with E-state index in [9.17, 15) is 14.4 Å². The summed E-state index contributed by atoms with van der Waals surface area (Å²) in [5.41, 5.74) is 0.745. The molecule has 1 aromatic heterocycles. The number of H-pyrrole nitrogens is 1. The number of aromatic amines is 1. The zero-order valence-corrected chi connectivity index (χ0v) is 19.7. The number of Topliss-reactive ketones (excluding diaryl/α,β-unsaturated/α-hetero) is 1. The lowest BCUT2D eigenvalue weighted by molar-refractivity contribution is -0.131. The van der Waals surface area contributed by atoms with Gasteiger partial charge in [0, 0.05) is 30.0 Å². The van der Waals surface area contributed by atoms with Gasteiger partial charge in [-0.3, -0.25) is 14.4 Å². The van der Waals surface area contributed by atoms with Crippen LogP contribution in [-0.2, 0) is 11.3 Å². The van der Waals surface area contributed by atoms with Crippen molar-refractivity contribution in [2.24, 2.45) is 0 Å². The molecule has 7 nitrogen and oxygen atoms in total. The van der Waals surface area contributed by atoms with Gasteiger partial charge in [0.2, 0.25) is 5.91 Å². The number of aromatic nitrogens is 2. The third-order valence-corrected chi connectivity index (χ3v) is 5.35. The van der Waals surface area contributed by atoms with E-state index < -0.39 is 0 Å². The molecule has 0 aliphatic rings. The highest BCUT2D eigenvalue weighted by molar-refractivity contribution is 6.31. The average Bonchev–Trinajstić information content (AvgIpc) is 2.80. The summed E-state index contributed by atoms with van der Waals surface area (Å²) in [5.74, 6) is 0.831. The Kier molecular flexibility index (Phi) is 8.60. The molecule has 0 aliphatic carbocycles. The predicted molar refractivity (Wildman–Crippen MR) is 129 cm³/mol. The van der Waals surface area contributed by atoms with Crippen molar-refractivity contribution in [3.05, 3.63) is 69.2 Å². The summed E-state index contributed by atoms with van der Waals surface area (Å²) in [6, 6.07) is 11.8. The maximum atomic E-state index is 12.9. The Hall–Kier alpha value is -3.19. The molecule has 1 heterocycles. The largest absolute Gasteiger partial charge is 0.494 e. The van der Waals surface area contributed by atoms with Crippen molar-refractivity contribution in [2.45, 2.75) is 46.1 Å². The Balaban J connectivity index is 1.65. The molecule has 8 heteroatoms. The molecule has 0 saturated heterocycles. The van der Waals surface area contributed by atoms with E-state index in [0.29, 0.717) is 40.5 Å². The Morgan fingerprint density at radius 3 is 2.52 bits per heavy atom. The predicted octanol–water partition coefficient (Wildman–Crippen LogP) is 4.77. The number of carbonyl (C=O) groups is 2. The molecule has 1 N–H and O–H groups in total. The fraction of sp³-hybridized carbons (Fsp3) is 0.360. The number of benzene rings is 2. The molecule has 0 unspecified atom stereocenters. The van der Waals surface area contributed by atoms with Crippen LogP contribution in [0.3, 0.4) is 0 Å². The van der Waals surface area contributed by atoms with E-state index in [1.54, 1.807) is 47.4 Å². The topological polar surface area (TPSA) is 92.4 Å². The van der Waals surface area contributed by atoms with Gasteiger partial charge in [0.25, 0.3) is 5.56 Å². The lowest BCUT2D eigenvalue weighted by Gasteiger charge is -2.21. The summed E-state index contributed by atoms with van der Waals surface area (Å²) in [6.07, 6.45) is 1.83. The van der Waals surface area contributed by atoms with Crippen LogP contribution in [0, 0.1) is 0 Å². The Bertz CT molecular complexity index is 1170. The number of rotatable bonds is 11. The minimum atomic E-state index is -0.280. The van der Waals surface area contributed by atoms with Crippen LogP contribution < -0.4 is 10.3 Å². The second-order valence-electron chi connectivity index (χ2n) is 7.79. The number of fused-ring (bicyclic) bond motifs is 1. The summed E-state index contributed by atoms with van der Waals surface area (Å²) in [7, 11) is 0. The van der Waals surface area contributed by atoms with Gasteiger partial charge in [-0.2, -0.15) is 0 Å². The first kappa shape index (κ1) is 24.5. The molecule has 0 radical (unpaired) electrons. The molecule has 0 atom stereocenters. The molecular formula is C25H28ClN3O4. The molecule has 0 saturated carbocycles. The number of hydrogen-bond acceptors (Lipinski definition) is 5.